The first-order chi connectivity index (χ1) is 8.54. The van der Waals surface area contributed by atoms with E-state index in [0.717, 1.165) is 0 Å². The fraction of sp³-hybridized carbons (Fsp3) is 0.333. The Kier molecular flexibility index (Phi) is 5.26. The van der Waals surface area contributed by atoms with Crippen molar-refractivity contribution in [2.24, 2.45) is 0 Å². The van der Waals surface area contributed by atoms with Gasteiger partial charge in [-0.2, -0.15) is 0 Å². The molecule has 98 valence electrons. The smallest absolute Gasteiger partial charge is 0.321 e. The molecule has 1 atom stereocenters. The van der Waals surface area contributed by atoms with Crippen LogP contribution in [0.25, 0.3) is 0 Å². The van der Waals surface area contributed by atoms with Crippen molar-refractivity contribution in [1.82, 2.24) is 16.0 Å². The minimum absolute atomic E-state index is 0.217. The van der Waals surface area contributed by atoms with Gasteiger partial charge in [0.2, 0.25) is 5.91 Å². The Hall–Kier alpha value is -1.95. The predicted octanol–water partition coefficient (Wildman–Crippen LogP) is 0.759. The van der Waals surface area contributed by atoms with Crippen molar-refractivity contribution in [2.75, 3.05) is 7.05 Å². The molecule has 0 heterocycles. The third kappa shape index (κ3) is 4.14. The number of imide groups is 1. The van der Waals surface area contributed by atoms with Crippen molar-refractivity contribution in [3.05, 3.63) is 35.6 Å². The topological polar surface area (TPSA) is 70.2 Å². The Balaban J connectivity index is 2.46. The lowest BCUT2D eigenvalue weighted by Crippen LogP contribution is -2.47. The van der Waals surface area contributed by atoms with Gasteiger partial charge < -0.3 is 10.6 Å². The Labute approximate surface area is 105 Å². The summed E-state index contributed by atoms with van der Waals surface area (Å²) in [5.74, 6) is -0.797. The second-order valence-electron chi connectivity index (χ2n) is 3.76. The maximum absolute atomic E-state index is 13.3. The second kappa shape index (κ2) is 6.70. The average Bonchev–Trinajstić information content (AvgIpc) is 2.37. The summed E-state index contributed by atoms with van der Waals surface area (Å²) < 4.78 is 13.3. The second-order valence-corrected chi connectivity index (χ2v) is 3.76. The van der Waals surface area contributed by atoms with Crippen molar-refractivity contribution in [1.29, 1.82) is 0 Å². The maximum Gasteiger partial charge on any atom is 0.321 e. The van der Waals surface area contributed by atoms with E-state index in [4.69, 9.17) is 0 Å². The molecule has 3 N–H and O–H groups in total. The zero-order valence-corrected chi connectivity index (χ0v) is 10.3. The van der Waals surface area contributed by atoms with Crippen LogP contribution in [-0.4, -0.2) is 25.0 Å². The molecule has 0 aromatic heterocycles. The quantitative estimate of drug-likeness (QED) is 0.742. The lowest BCUT2D eigenvalue weighted by atomic mass is 10.2. The molecule has 3 amide bonds. The highest BCUT2D eigenvalue weighted by Crippen LogP contribution is 2.05. The predicted molar refractivity (Wildman–Crippen MR) is 65.3 cm³/mol. The summed E-state index contributed by atoms with van der Waals surface area (Å²) in [6.45, 7) is 1.81. The number of hydrogen-bond acceptors (Lipinski definition) is 3. The zero-order chi connectivity index (χ0) is 13.5. The zero-order valence-electron chi connectivity index (χ0n) is 10.3. The van der Waals surface area contributed by atoms with Crippen molar-refractivity contribution in [3.8, 4) is 0 Å². The van der Waals surface area contributed by atoms with Crippen LogP contribution in [0.15, 0.2) is 24.3 Å². The molecule has 18 heavy (non-hydrogen) atoms. The van der Waals surface area contributed by atoms with Crippen LogP contribution in [-0.2, 0) is 11.3 Å². The van der Waals surface area contributed by atoms with Gasteiger partial charge in [-0.3, -0.25) is 10.1 Å². The largest absolute Gasteiger partial charge is 0.341 e. The summed E-state index contributed by atoms with van der Waals surface area (Å²) in [6.07, 6.45) is 0. The Morgan fingerprint density at radius 3 is 2.61 bits per heavy atom. The molecule has 0 spiro atoms. The molecule has 1 rings (SSSR count). The van der Waals surface area contributed by atoms with E-state index in [9.17, 15) is 14.0 Å². The number of rotatable bonds is 4. The van der Waals surface area contributed by atoms with E-state index in [2.05, 4.69) is 16.0 Å². The highest BCUT2D eigenvalue weighted by atomic mass is 19.1. The maximum atomic E-state index is 13.3. The SMILES string of the molecule is CNC(=O)NC(=O)C(C)NCc1ccccc1F. The number of halogens is 1. The Morgan fingerprint density at radius 1 is 1.33 bits per heavy atom. The molecule has 6 heteroatoms. The van der Waals surface area contributed by atoms with Crippen LogP contribution in [0.4, 0.5) is 9.18 Å². The van der Waals surface area contributed by atoms with Gasteiger partial charge in [0, 0.05) is 19.2 Å². The van der Waals surface area contributed by atoms with Crippen LogP contribution in [0.5, 0.6) is 0 Å². The van der Waals surface area contributed by atoms with Gasteiger partial charge >= 0.3 is 6.03 Å². The fourth-order valence-electron chi connectivity index (χ4n) is 1.28. The lowest BCUT2D eigenvalue weighted by Gasteiger charge is -2.13. The van der Waals surface area contributed by atoms with Gasteiger partial charge in [0.15, 0.2) is 0 Å². The standard InChI is InChI=1S/C12H16FN3O2/c1-8(11(17)16-12(18)14-2)15-7-9-5-3-4-6-10(9)13/h3-6,8,15H,7H2,1-2H3,(H2,14,16,17,18). The Morgan fingerprint density at radius 2 is 2.00 bits per heavy atom. The molecule has 5 nitrogen and oxygen atoms in total. The number of carbonyl (C=O) groups is 2. The molecule has 0 radical (unpaired) electrons. The van der Waals surface area contributed by atoms with Crippen LogP contribution >= 0.6 is 0 Å². The van der Waals surface area contributed by atoms with Gasteiger partial charge in [-0.25, -0.2) is 9.18 Å². The van der Waals surface area contributed by atoms with Crippen LogP contribution in [0.3, 0.4) is 0 Å². The Bertz CT molecular complexity index is 437. The highest BCUT2D eigenvalue weighted by molar-refractivity contribution is 5.96. The first kappa shape index (κ1) is 14.1. The minimum atomic E-state index is -0.595. The van der Waals surface area contributed by atoms with Crippen LogP contribution in [0.1, 0.15) is 12.5 Å². The molecular weight excluding hydrogens is 237 g/mol. The molecular formula is C12H16FN3O2. The molecule has 0 bridgehead atoms. The summed E-state index contributed by atoms with van der Waals surface area (Å²) in [7, 11) is 1.42. The van der Waals surface area contributed by atoms with E-state index < -0.39 is 18.0 Å². The van der Waals surface area contributed by atoms with Crippen LogP contribution < -0.4 is 16.0 Å². The third-order valence-corrected chi connectivity index (χ3v) is 2.41. The molecule has 0 saturated carbocycles. The van der Waals surface area contributed by atoms with Crippen LogP contribution in [0, 0.1) is 5.82 Å². The fourth-order valence-corrected chi connectivity index (χ4v) is 1.28. The third-order valence-electron chi connectivity index (χ3n) is 2.41. The lowest BCUT2D eigenvalue weighted by molar-refractivity contribution is -0.121. The highest BCUT2D eigenvalue weighted by Gasteiger charge is 2.14. The molecule has 0 saturated heterocycles. The van der Waals surface area contributed by atoms with Gasteiger partial charge in [0.25, 0.3) is 0 Å². The number of hydrogen-bond donors (Lipinski definition) is 3. The van der Waals surface area contributed by atoms with Crippen molar-refractivity contribution < 1.29 is 14.0 Å². The van der Waals surface area contributed by atoms with E-state index in [-0.39, 0.29) is 12.4 Å². The van der Waals surface area contributed by atoms with E-state index in [0.29, 0.717) is 5.56 Å². The number of nitrogens with one attached hydrogen (secondary N) is 3. The number of urea groups is 1. The first-order valence-electron chi connectivity index (χ1n) is 5.54. The summed E-state index contributed by atoms with van der Waals surface area (Å²) in [4.78, 5) is 22.4. The van der Waals surface area contributed by atoms with Crippen molar-refractivity contribution >= 4 is 11.9 Å². The van der Waals surface area contributed by atoms with E-state index >= 15 is 0 Å². The summed E-state index contributed by atoms with van der Waals surface area (Å²) in [5, 5.41) is 7.25. The molecule has 0 aliphatic carbocycles. The van der Waals surface area contributed by atoms with Gasteiger partial charge in [0.1, 0.15) is 5.82 Å². The normalized spacial score (nSPS) is 11.7. The molecule has 0 fully saturated rings. The number of benzene rings is 1. The molecule has 1 aromatic rings. The number of carbonyl (C=O) groups excluding carboxylic acids is 2. The average molecular weight is 253 g/mol. The summed E-state index contributed by atoms with van der Waals surface area (Å²) in [6, 6.07) is 5.13. The monoisotopic (exact) mass is 253 g/mol. The first-order valence-corrected chi connectivity index (χ1v) is 5.54. The molecule has 1 unspecified atom stereocenters. The van der Waals surface area contributed by atoms with Crippen molar-refractivity contribution in [2.45, 2.75) is 19.5 Å². The van der Waals surface area contributed by atoms with Gasteiger partial charge in [0.05, 0.1) is 6.04 Å². The minimum Gasteiger partial charge on any atom is -0.341 e. The van der Waals surface area contributed by atoms with Crippen LogP contribution in [0.2, 0.25) is 0 Å². The van der Waals surface area contributed by atoms with E-state index in [1.54, 1.807) is 25.1 Å². The van der Waals surface area contributed by atoms with Crippen molar-refractivity contribution in [3.63, 3.8) is 0 Å². The number of amides is 3. The summed E-state index contributed by atoms with van der Waals surface area (Å²) in [5.41, 5.74) is 0.470. The van der Waals surface area contributed by atoms with Gasteiger partial charge in [-0.1, -0.05) is 18.2 Å². The van der Waals surface area contributed by atoms with Gasteiger partial charge in [-0.15, -0.1) is 0 Å². The molecule has 0 aliphatic rings. The van der Waals surface area contributed by atoms with E-state index in [1.165, 1.54) is 13.1 Å². The molecule has 0 aliphatic heterocycles. The molecule has 1 aromatic carbocycles. The van der Waals surface area contributed by atoms with Gasteiger partial charge in [-0.05, 0) is 13.0 Å². The van der Waals surface area contributed by atoms with E-state index in [1.807, 2.05) is 0 Å². The summed E-state index contributed by atoms with van der Waals surface area (Å²) >= 11 is 0.